The minimum Gasteiger partial charge on any atom is -0.342 e. The summed E-state index contributed by atoms with van der Waals surface area (Å²) in [5.74, 6) is 0.346. The molecule has 20 heavy (non-hydrogen) atoms. The molecular formula is C17H23N2O. The van der Waals surface area contributed by atoms with Crippen LogP contribution in [0.3, 0.4) is 0 Å². The van der Waals surface area contributed by atoms with Gasteiger partial charge >= 0.3 is 0 Å². The molecule has 3 heteroatoms. The molecule has 0 aromatic heterocycles. The van der Waals surface area contributed by atoms with E-state index in [0.717, 1.165) is 51.9 Å². The summed E-state index contributed by atoms with van der Waals surface area (Å²) >= 11 is 0. The van der Waals surface area contributed by atoms with Gasteiger partial charge in [-0.3, -0.25) is 4.79 Å². The molecule has 1 aromatic rings. The average Bonchev–Trinajstić information content (AvgIpc) is 2.56. The smallest absolute Gasteiger partial charge is 0.233 e. The number of nitrogens with zero attached hydrogens (tertiary/aromatic N) is 2. The molecule has 1 amide bonds. The van der Waals surface area contributed by atoms with Crippen molar-refractivity contribution in [3.63, 3.8) is 0 Å². The Morgan fingerprint density at radius 1 is 1.00 bits per heavy atom. The van der Waals surface area contributed by atoms with Gasteiger partial charge in [-0.2, -0.15) is 0 Å². The van der Waals surface area contributed by atoms with Crippen LogP contribution in [0.25, 0.3) is 0 Å². The number of carbonyl (C=O) groups is 1. The van der Waals surface area contributed by atoms with Crippen molar-refractivity contribution in [1.82, 2.24) is 10.2 Å². The van der Waals surface area contributed by atoms with E-state index in [1.165, 1.54) is 12.0 Å². The van der Waals surface area contributed by atoms with E-state index in [9.17, 15) is 4.79 Å². The summed E-state index contributed by atoms with van der Waals surface area (Å²) in [5, 5.41) is 4.45. The highest BCUT2D eigenvalue weighted by Gasteiger charge is 2.43. The monoisotopic (exact) mass is 271 g/mol. The van der Waals surface area contributed by atoms with Crippen molar-refractivity contribution in [2.75, 3.05) is 26.2 Å². The topological polar surface area (TPSA) is 34.4 Å². The van der Waals surface area contributed by atoms with E-state index in [1.54, 1.807) is 0 Å². The van der Waals surface area contributed by atoms with Gasteiger partial charge in [0.05, 0.1) is 5.41 Å². The first-order valence-corrected chi connectivity index (χ1v) is 7.81. The molecule has 107 valence electrons. The van der Waals surface area contributed by atoms with Gasteiger partial charge in [0, 0.05) is 26.2 Å². The van der Waals surface area contributed by atoms with Gasteiger partial charge in [0.25, 0.3) is 0 Å². The van der Waals surface area contributed by atoms with Gasteiger partial charge in [-0.05, 0) is 37.7 Å². The lowest BCUT2D eigenvalue weighted by Gasteiger charge is -2.41. The zero-order chi connectivity index (χ0) is 13.8. The Morgan fingerprint density at radius 3 is 2.30 bits per heavy atom. The minimum atomic E-state index is -0.319. The lowest BCUT2D eigenvalue weighted by molar-refractivity contribution is -0.139. The van der Waals surface area contributed by atoms with Gasteiger partial charge < -0.3 is 4.90 Å². The van der Waals surface area contributed by atoms with E-state index in [-0.39, 0.29) is 5.41 Å². The van der Waals surface area contributed by atoms with Crippen LogP contribution in [0, 0.1) is 0 Å². The Hall–Kier alpha value is -1.35. The summed E-state index contributed by atoms with van der Waals surface area (Å²) in [7, 11) is 0. The second-order valence-corrected chi connectivity index (χ2v) is 5.97. The summed E-state index contributed by atoms with van der Waals surface area (Å²) in [4.78, 5) is 15.3. The zero-order valence-electron chi connectivity index (χ0n) is 12.1. The molecule has 0 spiro atoms. The fourth-order valence-corrected chi connectivity index (χ4v) is 3.56. The van der Waals surface area contributed by atoms with E-state index in [1.807, 2.05) is 18.2 Å². The van der Waals surface area contributed by atoms with Gasteiger partial charge in [0.2, 0.25) is 5.91 Å². The number of benzene rings is 1. The molecule has 1 radical (unpaired) electrons. The minimum absolute atomic E-state index is 0.319. The maximum atomic E-state index is 13.2. The number of amides is 1. The Bertz CT molecular complexity index is 445. The van der Waals surface area contributed by atoms with Crippen LogP contribution in [-0.4, -0.2) is 37.0 Å². The second kappa shape index (κ2) is 5.96. The lowest BCUT2D eigenvalue weighted by atomic mass is 9.72. The Morgan fingerprint density at radius 2 is 1.65 bits per heavy atom. The molecule has 0 aliphatic carbocycles. The number of likely N-dealkylation sites (tertiary alicyclic amines) is 1. The molecule has 1 aromatic carbocycles. The number of rotatable bonds is 2. The fraction of sp³-hybridized carbons (Fsp3) is 0.588. The molecule has 0 saturated carbocycles. The second-order valence-electron chi connectivity index (χ2n) is 5.97. The summed E-state index contributed by atoms with van der Waals surface area (Å²) in [6.45, 7) is 3.50. The highest BCUT2D eigenvalue weighted by molar-refractivity contribution is 5.88. The van der Waals surface area contributed by atoms with Crippen molar-refractivity contribution in [1.29, 1.82) is 0 Å². The summed E-state index contributed by atoms with van der Waals surface area (Å²) in [6, 6.07) is 10.4. The predicted molar refractivity (Wildman–Crippen MR) is 79.7 cm³/mol. The van der Waals surface area contributed by atoms with Crippen molar-refractivity contribution in [2.24, 2.45) is 0 Å². The molecular weight excluding hydrogens is 248 g/mol. The summed E-state index contributed by atoms with van der Waals surface area (Å²) in [5.41, 5.74) is 0.867. The van der Waals surface area contributed by atoms with Gasteiger partial charge in [0.15, 0.2) is 0 Å². The Labute approximate surface area is 121 Å². The van der Waals surface area contributed by atoms with Crippen molar-refractivity contribution < 1.29 is 4.79 Å². The zero-order valence-corrected chi connectivity index (χ0v) is 12.1. The SMILES string of the molecule is O=C(N1CCCCC1)C1(c2ccccc2)CC[N]CC1. The molecule has 2 aliphatic heterocycles. The van der Waals surface area contributed by atoms with Crippen LogP contribution in [0.2, 0.25) is 0 Å². The van der Waals surface area contributed by atoms with Crippen LogP contribution >= 0.6 is 0 Å². The van der Waals surface area contributed by atoms with Crippen molar-refractivity contribution in [3.8, 4) is 0 Å². The van der Waals surface area contributed by atoms with Crippen LogP contribution < -0.4 is 5.32 Å². The third-order valence-electron chi connectivity index (χ3n) is 4.77. The molecule has 0 unspecified atom stereocenters. The highest BCUT2D eigenvalue weighted by atomic mass is 16.2. The van der Waals surface area contributed by atoms with Crippen LogP contribution in [0.5, 0.6) is 0 Å². The fourth-order valence-electron chi connectivity index (χ4n) is 3.56. The molecule has 3 nitrogen and oxygen atoms in total. The molecule has 2 fully saturated rings. The van der Waals surface area contributed by atoms with Crippen molar-refractivity contribution in [3.05, 3.63) is 35.9 Å². The van der Waals surface area contributed by atoms with Gasteiger partial charge in [0.1, 0.15) is 0 Å². The molecule has 0 N–H and O–H groups in total. The Kier molecular flexibility index (Phi) is 4.06. The van der Waals surface area contributed by atoms with Crippen LogP contribution in [0.4, 0.5) is 0 Å². The van der Waals surface area contributed by atoms with E-state index in [2.05, 4.69) is 22.3 Å². The number of hydrogen-bond acceptors (Lipinski definition) is 1. The molecule has 3 rings (SSSR count). The van der Waals surface area contributed by atoms with E-state index in [4.69, 9.17) is 0 Å². The Balaban J connectivity index is 1.91. The largest absolute Gasteiger partial charge is 0.342 e. The molecule has 2 heterocycles. The van der Waals surface area contributed by atoms with Gasteiger partial charge in [-0.25, -0.2) is 5.32 Å². The maximum absolute atomic E-state index is 13.2. The van der Waals surface area contributed by atoms with Crippen LogP contribution in [0.1, 0.15) is 37.7 Å². The number of carbonyl (C=O) groups excluding carboxylic acids is 1. The predicted octanol–water partition coefficient (Wildman–Crippen LogP) is 2.34. The highest BCUT2D eigenvalue weighted by Crippen LogP contribution is 2.36. The summed E-state index contributed by atoms with van der Waals surface area (Å²) in [6.07, 6.45) is 5.30. The first-order valence-electron chi connectivity index (χ1n) is 7.81. The average molecular weight is 271 g/mol. The first-order chi connectivity index (χ1) is 9.83. The van der Waals surface area contributed by atoms with Crippen molar-refractivity contribution >= 4 is 5.91 Å². The normalized spacial score (nSPS) is 22.5. The van der Waals surface area contributed by atoms with Gasteiger partial charge in [-0.15, -0.1) is 0 Å². The van der Waals surface area contributed by atoms with E-state index in [0.29, 0.717) is 5.91 Å². The molecule has 0 bridgehead atoms. The van der Waals surface area contributed by atoms with Crippen LogP contribution in [0.15, 0.2) is 30.3 Å². The third kappa shape index (κ3) is 2.47. The molecule has 2 saturated heterocycles. The number of hydrogen-bond donors (Lipinski definition) is 0. The summed E-state index contributed by atoms with van der Waals surface area (Å²) < 4.78 is 0. The van der Waals surface area contributed by atoms with Gasteiger partial charge in [-0.1, -0.05) is 30.3 Å². The first kappa shape index (κ1) is 13.6. The van der Waals surface area contributed by atoms with E-state index < -0.39 is 0 Å². The lowest BCUT2D eigenvalue weighted by Crippen LogP contribution is -2.52. The third-order valence-corrected chi connectivity index (χ3v) is 4.77. The molecule has 0 atom stereocenters. The molecule has 2 aliphatic rings. The maximum Gasteiger partial charge on any atom is 0.233 e. The number of piperidine rings is 2. The van der Waals surface area contributed by atoms with Crippen molar-refractivity contribution in [2.45, 2.75) is 37.5 Å². The van der Waals surface area contributed by atoms with Crippen LogP contribution in [-0.2, 0) is 10.2 Å². The quantitative estimate of drug-likeness (QED) is 0.813. The standard InChI is InChI=1S/C17H23N2O/c20-16(19-13-5-2-6-14-19)17(9-11-18-12-10-17)15-7-3-1-4-8-15/h1,3-4,7-8H,2,5-6,9-14H2. The van der Waals surface area contributed by atoms with E-state index >= 15 is 0 Å².